The van der Waals surface area contributed by atoms with Crippen LogP contribution in [0.1, 0.15) is 42.0 Å². The van der Waals surface area contributed by atoms with E-state index in [9.17, 15) is 9.65 Å². The first-order chi connectivity index (χ1) is 11.0. The topological polar surface area (TPSA) is 33.0 Å². The second-order valence-electron chi connectivity index (χ2n) is 5.76. The normalized spacial score (nSPS) is 11.4. The fraction of sp³-hybridized carbons (Fsp3) is 0.250. The van der Waals surface area contributed by atoms with Gasteiger partial charge in [0.1, 0.15) is 11.6 Å². The van der Waals surface area contributed by atoms with Crippen molar-refractivity contribution in [1.82, 2.24) is 0 Å². The van der Waals surface area contributed by atoms with Gasteiger partial charge in [-0.15, -0.1) is 0 Å². The number of methoxy groups -OCH3 is 1. The molecule has 118 valence electrons. The van der Waals surface area contributed by atoms with Crippen molar-refractivity contribution in [2.24, 2.45) is 0 Å². The molecule has 0 heterocycles. The third kappa shape index (κ3) is 3.60. The van der Waals surface area contributed by atoms with Gasteiger partial charge in [-0.2, -0.15) is 5.26 Å². The molecule has 2 rings (SSSR count). The Morgan fingerprint density at radius 1 is 1.26 bits per heavy atom. The summed E-state index contributed by atoms with van der Waals surface area (Å²) in [6.07, 6.45) is 1.74. The van der Waals surface area contributed by atoms with Gasteiger partial charge in [-0.05, 0) is 53.8 Å². The smallest absolute Gasteiger partial charge is 0.131 e. The Morgan fingerprint density at radius 2 is 1.96 bits per heavy atom. The number of nitrogens with zero attached hydrogens (tertiary/aromatic N) is 1. The number of hydrogen-bond donors (Lipinski definition) is 0. The molecule has 23 heavy (non-hydrogen) atoms. The number of hydrogen-bond acceptors (Lipinski definition) is 2. The molecule has 0 N–H and O–H groups in total. The van der Waals surface area contributed by atoms with Crippen molar-refractivity contribution in [1.29, 1.82) is 5.26 Å². The summed E-state index contributed by atoms with van der Waals surface area (Å²) in [5.41, 5.74) is 3.57. The second-order valence-corrected chi connectivity index (χ2v) is 5.76. The lowest BCUT2D eigenvalue weighted by atomic mass is 9.94. The first-order valence-corrected chi connectivity index (χ1v) is 7.53. The van der Waals surface area contributed by atoms with E-state index in [1.165, 1.54) is 6.07 Å². The van der Waals surface area contributed by atoms with Crippen LogP contribution in [0.15, 0.2) is 36.4 Å². The van der Waals surface area contributed by atoms with Crippen molar-refractivity contribution < 1.29 is 9.13 Å². The van der Waals surface area contributed by atoms with Crippen LogP contribution in [-0.4, -0.2) is 7.11 Å². The number of benzene rings is 2. The molecular formula is C20H20FNO. The quantitative estimate of drug-likeness (QED) is 0.565. The van der Waals surface area contributed by atoms with Gasteiger partial charge < -0.3 is 4.74 Å². The summed E-state index contributed by atoms with van der Waals surface area (Å²) in [6.45, 7) is 6.13. The maximum Gasteiger partial charge on any atom is 0.131 e. The Kier molecular flexibility index (Phi) is 5.18. The molecule has 0 aliphatic rings. The molecule has 3 heteroatoms. The molecule has 2 aromatic rings. The molecule has 2 aromatic carbocycles. The molecule has 0 amide bonds. The summed E-state index contributed by atoms with van der Waals surface area (Å²) >= 11 is 0. The third-order valence-corrected chi connectivity index (χ3v) is 3.82. The van der Waals surface area contributed by atoms with E-state index in [1.807, 2.05) is 19.1 Å². The van der Waals surface area contributed by atoms with Gasteiger partial charge in [-0.1, -0.05) is 32.0 Å². The minimum atomic E-state index is -0.393. The SMILES string of the molecule is COc1cc(C)c(C=C(C#N)c2ccccc2F)cc1C(C)C. The molecule has 0 atom stereocenters. The molecule has 0 radical (unpaired) electrons. The summed E-state index contributed by atoms with van der Waals surface area (Å²) < 4.78 is 19.4. The van der Waals surface area contributed by atoms with Crippen LogP contribution in [0.3, 0.4) is 0 Å². The number of allylic oxidation sites excluding steroid dienone is 1. The fourth-order valence-electron chi connectivity index (χ4n) is 2.50. The number of halogens is 1. The summed E-state index contributed by atoms with van der Waals surface area (Å²) in [5, 5.41) is 9.43. The molecule has 2 nitrogen and oxygen atoms in total. The van der Waals surface area contributed by atoms with Crippen molar-refractivity contribution in [2.45, 2.75) is 26.7 Å². The zero-order valence-corrected chi connectivity index (χ0v) is 13.9. The fourth-order valence-corrected chi connectivity index (χ4v) is 2.50. The highest BCUT2D eigenvalue weighted by molar-refractivity contribution is 5.90. The van der Waals surface area contributed by atoms with Crippen LogP contribution in [-0.2, 0) is 0 Å². The molecule has 0 bridgehead atoms. The average Bonchev–Trinajstić information content (AvgIpc) is 2.54. The Bertz CT molecular complexity index is 785. The first-order valence-electron chi connectivity index (χ1n) is 7.53. The van der Waals surface area contributed by atoms with Gasteiger partial charge in [0.15, 0.2) is 0 Å². The van der Waals surface area contributed by atoms with Gasteiger partial charge in [0.25, 0.3) is 0 Å². The van der Waals surface area contributed by atoms with E-state index in [-0.39, 0.29) is 5.92 Å². The van der Waals surface area contributed by atoms with Crippen LogP contribution >= 0.6 is 0 Å². The Labute approximate surface area is 136 Å². The van der Waals surface area contributed by atoms with Crippen LogP contribution in [0.4, 0.5) is 4.39 Å². The largest absolute Gasteiger partial charge is 0.496 e. The monoisotopic (exact) mass is 309 g/mol. The molecule has 0 saturated carbocycles. The summed E-state index contributed by atoms with van der Waals surface area (Å²) in [5.74, 6) is 0.728. The number of aryl methyl sites for hydroxylation is 1. The minimum absolute atomic E-state index is 0.289. The van der Waals surface area contributed by atoms with Gasteiger partial charge in [0.2, 0.25) is 0 Å². The van der Waals surface area contributed by atoms with E-state index in [0.29, 0.717) is 11.1 Å². The van der Waals surface area contributed by atoms with Crippen molar-refractivity contribution in [3.05, 3.63) is 64.5 Å². The van der Waals surface area contributed by atoms with Crippen molar-refractivity contribution >= 4 is 11.6 Å². The van der Waals surface area contributed by atoms with E-state index in [1.54, 1.807) is 31.4 Å². The van der Waals surface area contributed by atoms with Crippen LogP contribution < -0.4 is 4.74 Å². The van der Waals surface area contributed by atoms with Gasteiger partial charge >= 0.3 is 0 Å². The van der Waals surface area contributed by atoms with Gasteiger partial charge in [0.05, 0.1) is 18.8 Å². The highest BCUT2D eigenvalue weighted by Crippen LogP contribution is 2.31. The third-order valence-electron chi connectivity index (χ3n) is 3.82. The van der Waals surface area contributed by atoms with E-state index in [2.05, 4.69) is 19.9 Å². The molecule has 0 spiro atoms. The molecule has 0 aromatic heterocycles. The van der Waals surface area contributed by atoms with Crippen LogP contribution in [0.2, 0.25) is 0 Å². The lowest BCUT2D eigenvalue weighted by molar-refractivity contribution is 0.407. The number of rotatable bonds is 4. The minimum Gasteiger partial charge on any atom is -0.496 e. The van der Waals surface area contributed by atoms with Crippen LogP contribution in [0.25, 0.3) is 11.6 Å². The van der Waals surface area contributed by atoms with Crippen LogP contribution in [0, 0.1) is 24.1 Å². The molecule has 0 fully saturated rings. The standard InChI is InChI=1S/C20H20FNO/c1-13(2)18-11-15(14(3)9-20(18)23-4)10-16(12-22)17-7-5-6-8-19(17)21/h5-11,13H,1-4H3. The molecule has 0 unspecified atom stereocenters. The predicted octanol–water partition coefficient (Wildman–Crippen LogP) is 5.33. The molecule has 0 aliphatic heterocycles. The zero-order chi connectivity index (χ0) is 17.0. The number of ether oxygens (including phenoxy) is 1. The highest BCUT2D eigenvalue weighted by Gasteiger charge is 2.12. The van der Waals surface area contributed by atoms with Crippen molar-refractivity contribution in [3.8, 4) is 11.8 Å². The van der Waals surface area contributed by atoms with E-state index in [4.69, 9.17) is 4.74 Å². The Hall–Kier alpha value is -2.60. The summed E-state index contributed by atoms with van der Waals surface area (Å²) in [6, 6.07) is 12.4. The Balaban J connectivity index is 2.59. The molecular weight excluding hydrogens is 289 g/mol. The van der Waals surface area contributed by atoms with Gasteiger partial charge in [-0.3, -0.25) is 0 Å². The van der Waals surface area contributed by atoms with E-state index in [0.717, 1.165) is 22.4 Å². The predicted molar refractivity (Wildman–Crippen MR) is 91.7 cm³/mol. The lowest BCUT2D eigenvalue weighted by Crippen LogP contribution is -1.97. The lowest BCUT2D eigenvalue weighted by Gasteiger charge is -2.15. The van der Waals surface area contributed by atoms with Gasteiger partial charge in [0, 0.05) is 5.56 Å². The Morgan fingerprint density at radius 3 is 2.52 bits per heavy atom. The maximum atomic E-state index is 13.9. The summed E-state index contributed by atoms with van der Waals surface area (Å²) in [7, 11) is 1.65. The first kappa shape index (κ1) is 16.8. The van der Waals surface area contributed by atoms with E-state index < -0.39 is 5.82 Å². The highest BCUT2D eigenvalue weighted by atomic mass is 19.1. The van der Waals surface area contributed by atoms with Crippen molar-refractivity contribution in [3.63, 3.8) is 0 Å². The average molecular weight is 309 g/mol. The number of nitriles is 1. The molecule has 0 saturated heterocycles. The van der Waals surface area contributed by atoms with E-state index >= 15 is 0 Å². The molecule has 0 aliphatic carbocycles. The van der Waals surface area contributed by atoms with Crippen molar-refractivity contribution in [2.75, 3.05) is 7.11 Å². The van der Waals surface area contributed by atoms with Crippen LogP contribution in [0.5, 0.6) is 5.75 Å². The zero-order valence-electron chi connectivity index (χ0n) is 13.9. The second kappa shape index (κ2) is 7.11. The maximum absolute atomic E-state index is 13.9. The van der Waals surface area contributed by atoms with Gasteiger partial charge in [-0.25, -0.2) is 4.39 Å². The summed E-state index contributed by atoms with van der Waals surface area (Å²) in [4.78, 5) is 0.